The van der Waals surface area contributed by atoms with Gasteiger partial charge in [-0.05, 0) is 43.7 Å². The summed E-state index contributed by atoms with van der Waals surface area (Å²) >= 11 is 1.41. The third-order valence-corrected chi connectivity index (χ3v) is 4.93. The van der Waals surface area contributed by atoms with Crippen molar-refractivity contribution in [3.8, 4) is 0 Å². The molecule has 0 unspecified atom stereocenters. The predicted molar refractivity (Wildman–Crippen MR) is 91.6 cm³/mol. The number of hydrogen-bond acceptors (Lipinski definition) is 5. The molecule has 1 N–H and O–H groups in total. The largest absolute Gasteiger partial charge is 0.349 e. The van der Waals surface area contributed by atoms with Gasteiger partial charge in [-0.1, -0.05) is 6.07 Å². The van der Waals surface area contributed by atoms with Crippen LogP contribution in [0.4, 0.5) is 0 Å². The molecule has 0 radical (unpaired) electrons. The van der Waals surface area contributed by atoms with Crippen LogP contribution in [0.2, 0.25) is 0 Å². The van der Waals surface area contributed by atoms with Gasteiger partial charge in [0.05, 0.1) is 17.1 Å². The molecule has 2 aromatic rings. The number of aromatic nitrogens is 2. The Balaban J connectivity index is 1.66. The highest BCUT2D eigenvalue weighted by molar-refractivity contribution is 7.12. The van der Waals surface area contributed by atoms with Crippen LogP contribution < -0.4 is 5.32 Å². The monoisotopic (exact) mass is 344 g/mol. The van der Waals surface area contributed by atoms with E-state index in [1.54, 1.807) is 23.2 Å². The Morgan fingerprint density at radius 2 is 2.25 bits per heavy atom. The minimum atomic E-state index is -0.406. The van der Waals surface area contributed by atoms with Gasteiger partial charge in [0.25, 0.3) is 5.91 Å². The van der Waals surface area contributed by atoms with Crippen molar-refractivity contribution in [3.05, 3.63) is 46.2 Å². The van der Waals surface area contributed by atoms with E-state index in [4.69, 9.17) is 0 Å². The van der Waals surface area contributed by atoms with Gasteiger partial charge in [-0.3, -0.25) is 9.59 Å². The number of piperidine rings is 1. The van der Waals surface area contributed by atoms with E-state index in [2.05, 4.69) is 15.3 Å². The normalized spacial score (nSPS) is 17.5. The van der Waals surface area contributed by atoms with Crippen LogP contribution in [0.1, 0.15) is 40.5 Å². The van der Waals surface area contributed by atoms with Gasteiger partial charge in [-0.15, -0.1) is 11.3 Å². The van der Waals surface area contributed by atoms with Crippen LogP contribution in [0.5, 0.6) is 0 Å². The second kappa shape index (κ2) is 7.53. The van der Waals surface area contributed by atoms with Gasteiger partial charge < -0.3 is 10.2 Å². The average molecular weight is 344 g/mol. The molecular weight excluding hydrogens is 324 g/mol. The van der Waals surface area contributed by atoms with Gasteiger partial charge in [-0.2, -0.15) is 0 Å². The number of amides is 2. The molecule has 6 nitrogen and oxygen atoms in total. The maximum absolute atomic E-state index is 12.6. The van der Waals surface area contributed by atoms with Crippen LogP contribution in [-0.2, 0) is 11.3 Å². The lowest BCUT2D eigenvalue weighted by Gasteiger charge is -2.34. The molecule has 0 bridgehead atoms. The zero-order valence-corrected chi connectivity index (χ0v) is 14.4. The van der Waals surface area contributed by atoms with Crippen LogP contribution in [0.3, 0.4) is 0 Å². The summed E-state index contributed by atoms with van der Waals surface area (Å²) in [6.07, 6.45) is 4.27. The highest BCUT2D eigenvalue weighted by Gasteiger charge is 2.32. The van der Waals surface area contributed by atoms with Crippen molar-refractivity contribution in [2.45, 2.75) is 38.8 Å². The van der Waals surface area contributed by atoms with E-state index < -0.39 is 6.04 Å². The third kappa shape index (κ3) is 3.79. The SMILES string of the molecule is Cc1nccc(CNC(=O)[C@H]2CCCCN2C(=O)c2cccs2)n1. The highest BCUT2D eigenvalue weighted by atomic mass is 32.1. The molecule has 0 saturated carbocycles. The number of rotatable bonds is 4. The Labute approximate surface area is 144 Å². The molecule has 2 aromatic heterocycles. The van der Waals surface area contributed by atoms with Gasteiger partial charge in [-0.25, -0.2) is 9.97 Å². The van der Waals surface area contributed by atoms with E-state index in [-0.39, 0.29) is 11.8 Å². The predicted octanol–water partition coefficient (Wildman–Crippen LogP) is 2.16. The number of carbonyl (C=O) groups is 2. The van der Waals surface area contributed by atoms with Crippen LogP contribution in [-0.4, -0.2) is 39.3 Å². The quantitative estimate of drug-likeness (QED) is 0.922. The number of thiophene rings is 1. The number of hydrogen-bond donors (Lipinski definition) is 1. The van der Waals surface area contributed by atoms with Crippen LogP contribution in [0.15, 0.2) is 29.8 Å². The summed E-state index contributed by atoms with van der Waals surface area (Å²) in [5.41, 5.74) is 0.766. The molecule has 126 valence electrons. The first-order chi connectivity index (χ1) is 11.6. The van der Waals surface area contributed by atoms with E-state index in [9.17, 15) is 9.59 Å². The zero-order chi connectivity index (χ0) is 16.9. The van der Waals surface area contributed by atoms with E-state index in [1.807, 2.05) is 18.4 Å². The molecular formula is C17H20N4O2S. The maximum atomic E-state index is 12.6. The lowest BCUT2D eigenvalue weighted by molar-refractivity contribution is -0.126. The van der Waals surface area contributed by atoms with Crippen molar-refractivity contribution < 1.29 is 9.59 Å². The summed E-state index contributed by atoms with van der Waals surface area (Å²) in [5.74, 6) is 0.507. The summed E-state index contributed by atoms with van der Waals surface area (Å²) in [6, 6.07) is 5.04. The van der Waals surface area contributed by atoms with Crippen molar-refractivity contribution in [2.24, 2.45) is 0 Å². The van der Waals surface area contributed by atoms with Crippen molar-refractivity contribution in [1.29, 1.82) is 0 Å². The van der Waals surface area contributed by atoms with Gasteiger partial charge in [0.15, 0.2) is 0 Å². The molecule has 3 rings (SSSR count). The fourth-order valence-corrected chi connectivity index (χ4v) is 3.57. The van der Waals surface area contributed by atoms with Gasteiger partial charge in [0.1, 0.15) is 11.9 Å². The van der Waals surface area contributed by atoms with E-state index in [1.165, 1.54) is 11.3 Å². The fourth-order valence-electron chi connectivity index (χ4n) is 2.89. The first-order valence-electron chi connectivity index (χ1n) is 8.06. The number of likely N-dealkylation sites (tertiary alicyclic amines) is 1. The van der Waals surface area contributed by atoms with Crippen LogP contribution in [0.25, 0.3) is 0 Å². The van der Waals surface area contributed by atoms with Crippen LogP contribution in [0, 0.1) is 6.92 Å². The molecule has 0 spiro atoms. The first-order valence-corrected chi connectivity index (χ1v) is 8.94. The highest BCUT2D eigenvalue weighted by Crippen LogP contribution is 2.22. The Bertz CT molecular complexity index is 717. The number of nitrogens with one attached hydrogen (secondary N) is 1. The Hall–Kier alpha value is -2.28. The Morgan fingerprint density at radius 1 is 1.38 bits per heavy atom. The average Bonchev–Trinajstić information content (AvgIpc) is 3.14. The Kier molecular flexibility index (Phi) is 5.20. The van der Waals surface area contributed by atoms with Crippen LogP contribution >= 0.6 is 11.3 Å². The minimum absolute atomic E-state index is 0.0530. The molecule has 1 fully saturated rings. The molecule has 2 amide bonds. The Morgan fingerprint density at radius 3 is 3.00 bits per heavy atom. The second-order valence-electron chi connectivity index (χ2n) is 5.80. The van der Waals surface area contributed by atoms with E-state index >= 15 is 0 Å². The zero-order valence-electron chi connectivity index (χ0n) is 13.6. The van der Waals surface area contributed by atoms with E-state index in [0.29, 0.717) is 30.2 Å². The number of nitrogens with zero attached hydrogens (tertiary/aromatic N) is 3. The van der Waals surface area contributed by atoms with E-state index in [0.717, 1.165) is 18.5 Å². The molecule has 1 aliphatic heterocycles. The van der Waals surface area contributed by atoms with Gasteiger partial charge >= 0.3 is 0 Å². The molecule has 3 heterocycles. The topological polar surface area (TPSA) is 75.2 Å². The molecule has 0 aliphatic carbocycles. The molecule has 1 saturated heterocycles. The second-order valence-corrected chi connectivity index (χ2v) is 6.75. The standard InChI is InChI=1S/C17H20N4O2S/c1-12-18-8-7-13(20-12)11-19-16(22)14-5-2-3-9-21(14)17(23)15-6-4-10-24-15/h4,6-8,10,14H,2-3,5,9,11H2,1H3,(H,19,22)/t14-/m1/s1. The van der Waals surface area contributed by atoms with Crippen molar-refractivity contribution in [2.75, 3.05) is 6.54 Å². The summed E-state index contributed by atoms with van der Waals surface area (Å²) in [4.78, 5) is 35.9. The lowest BCUT2D eigenvalue weighted by Crippen LogP contribution is -2.51. The molecule has 1 atom stereocenters. The molecule has 1 aliphatic rings. The summed E-state index contributed by atoms with van der Waals surface area (Å²) < 4.78 is 0. The van der Waals surface area contributed by atoms with Crippen molar-refractivity contribution in [1.82, 2.24) is 20.2 Å². The number of carbonyl (C=O) groups excluding carboxylic acids is 2. The fraction of sp³-hybridized carbons (Fsp3) is 0.412. The summed E-state index contributed by atoms with van der Waals surface area (Å²) in [7, 11) is 0. The van der Waals surface area contributed by atoms with Crippen molar-refractivity contribution in [3.63, 3.8) is 0 Å². The third-order valence-electron chi connectivity index (χ3n) is 4.08. The first kappa shape index (κ1) is 16.6. The smallest absolute Gasteiger partial charge is 0.264 e. The molecule has 0 aromatic carbocycles. The summed E-state index contributed by atoms with van der Waals surface area (Å²) in [6.45, 7) is 2.79. The van der Waals surface area contributed by atoms with Gasteiger partial charge in [0, 0.05) is 12.7 Å². The minimum Gasteiger partial charge on any atom is -0.349 e. The summed E-state index contributed by atoms with van der Waals surface area (Å²) in [5, 5.41) is 4.79. The molecule has 7 heteroatoms. The number of aryl methyl sites for hydroxylation is 1. The maximum Gasteiger partial charge on any atom is 0.264 e. The lowest BCUT2D eigenvalue weighted by atomic mass is 10.0. The van der Waals surface area contributed by atoms with Gasteiger partial charge in [0.2, 0.25) is 5.91 Å². The van der Waals surface area contributed by atoms with Crippen molar-refractivity contribution >= 4 is 23.2 Å². The molecule has 24 heavy (non-hydrogen) atoms.